The Labute approximate surface area is 108 Å². The first kappa shape index (κ1) is 14.4. The summed E-state index contributed by atoms with van der Waals surface area (Å²) >= 11 is 0. The van der Waals surface area contributed by atoms with E-state index in [1.807, 2.05) is 19.0 Å². The zero-order valence-electron chi connectivity index (χ0n) is 11.6. The molecule has 100 valence electrons. The van der Waals surface area contributed by atoms with Crippen LogP contribution in [0, 0.1) is 0 Å². The first-order chi connectivity index (χ1) is 8.24. The third-order valence-electron chi connectivity index (χ3n) is 2.95. The molecular weight excluding hydrogens is 230 g/mol. The van der Waals surface area contributed by atoms with E-state index in [9.17, 15) is 9.90 Å². The second-order valence-corrected chi connectivity index (χ2v) is 5.15. The summed E-state index contributed by atoms with van der Waals surface area (Å²) in [5.74, 6) is 0.556. The number of aliphatic hydroxyl groups is 1. The second kappa shape index (κ2) is 5.35. The summed E-state index contributed by atoms with van der Waals surface area (Å²) in [4.78, 5) is 18.0. The van der Waals surface area contributed by atoms with E-state index in [1.165, 1.54) is 6.20 Å². The van der Waals surface area contributed by atoms with E-state index >= 15 is 0 Å². The van der Waals surface area contributed by atoms with Crippen LogP contribution in [0.1, 0.15) is 31.1 Å². The third-order valence-corrected chi connectivity index (χ3v) is 2.95. The van der Waals surface area contributed by atoms with Crippen LogP contribution in [-0.4, -0.2) is 41.7 Å². The van der Waals surface area contributed by atoms with E-state index < -0.39 is 11.6 Å². The Balaban J connectivity index is 2.79. The summed E-state index contributed by atoms with van der Waals surface area (Å²) in [7, 11) is 3.78. The summed E-state index contributed by atoms with van der Waals surface area (Å²) in [5.41, 5.74) is -0.188. The van der Waals surface area contributed by atoms with Crippen molar-refractivity contribution in [3.05, 3.63) is 23.9 Å². The summed E-state index contributed by atoms with van der Waals surface area (Å²) < 4.78 is 0. The Morgan fingerprint density at radius 3 is 2.44 bits per heavy atom. The minimum absolute atomic E-state index is 0.237. The maximum atomic E-state index is 12.0. The van der Waals surface area contributed by atoms with E-state index in [0.717, 1.165) is 5.82 Å². The first-order valence-corrected chi connectivity index (χ1v) is 5.88. The third kappa shape index (κ3) is 3.43. The zero-order valence-corrected chi connectivity index (χ0v) is 11.6. The number of hydrogen-bond donors (Lipinski definition) is 2. The van der Waals surface area contributed by atoms with Gasteiger partial charge in [0, 0.05) is 20.3 Å². The van der Waals surface area contributed by atoms with Crippen LogP contribution in [0.25, 0.3) is 0 Å². The molecule has 5 nitrogen and oxygen atoms in total. The standard InChI is InChI=1S/C13H21N3O2/c1-9(17)13(2,3)15-12(18)10-6-7-11(14-8-10)16(4)5/h6-9,17H,1-5H3,(H,15,18). The Morgan fingerprint density at radius 1 is 1.44 bits per heavy atom. The predicted octanol–water partition coefficient (Wildman–Crippen LogP) is 1.04. The highest BCUT2D eigenvalue weighted by molar-refractivity contribution is 5.94. The van der Waals surface area contributed by atoms with Crippen LogP contribution in [0.3, 0.4) is 0 Å². The fourth-order valence-electron chi connectivity index (χ4n) is 1.25. The van der Waals surface area contributed by atoms with Crippen molar-refractivity contribution in [2.75, 3.05) is 19.0 Å². The van der Waals surface area contributed by atoms with Gasteiger partial charge in [0.25, 0.3) is 5.91 Å². The highest BCUT2D eigenvalue weighted by Gasteiger charge is 2.26. The maximum Gasteiger partial charge on any atom is 0.253 e. The number of pyridine rings is 1. The van der Waals surface area contributed by atoms with Gasteiger partial charge < -0.3 is 15.3 Å². The maximum absolute atomic E-state index is 12.0. The normalized spacial score (nSPS) is 13.0. The van der Waals surface area contributed by atoms with Gasteiger partial charge in [-0.3, -0.25) is 4.79 Å². The first-order valence-electron chi connectivity index (χ1n) is 5.88. The number of anilines is 1. The van der Waals surface area contributed by atoms with Crippen molar-refractivity contribution in [3.8, 4) is 0 Å². The van der Waals surface area contributed by atoms with Crippen molar-refractivity contribution in [2.24, 2.45) is 0 Å². The van der Waals surface area contributed by atoms with Crippen LogP contribution in [0.15, 0.2) is 18.3 Å². The number of nitrogens with zero attached hydrogens (tertiary/aromatic N) is 2. The Hall–Kier alpha value is -1.62. The molecule has 1 atom stereocenters. The van der Waals surface area contributed by atoms with Gasteiger partial charge in [-0.2, -0.15) is 0 Å². The van der Waals surface area contributed by atoms with Gasteiger partial charge in [-0.25, -0.2) is 4.98 Å². The molecule has 5 heteroatoms. The lowest BCUT2D eigenvalue weighted by atomic mass is 9.98. The molecule has 0 spiro atoms. The summed E-state index contributed by atoms with van der Waals surface area (Å²) in [6.45, 7) is 5.20. The second-order valence-electron chi connectivity index (χ2n) is 5.15. The van der Waals surface area contributed by atoms with E-state index in [1.54, 1.807) is 32.9 Å². The van der Waals surface area contributed by atoms with Gasteiger partial charge in [0.05, 0.1) is 17.2 Å². The summed E-state index contributed by atoms with van der Waals surface area (Å²) in [6.07, 6.45) is 0.901. The minimum Gasteiger partial charge on any atom is -0.391 e. The van der Waals surface area contributed by atoms with Crippen molar-refractivity contribution < 1.29 is 9.90 Å². The molecule has 1 rings (SSSR count). The molecule has 18 heavy (non-hydrogen) atoms. The average molecular weight is 251 g/mol. The molecule has 0 aromatic carbocycles. The molecule has 0 saturated carbocycles. The van der Waals surface area contributed by atoms with Gasteiger partial charge >= 0.3 is 0 Å². The van der Waals surface area contributed by atoms with Crippen LogP contribution >= 0.6 is 0 Å². The number of amides is 1. The molecule has 0 aliphatic carbocycles. The van der Waals surface area contributed by atoms with Crippen molar-refractivity contribution in [2.45, 2.75) is 32.4 Å². The van der Waals surface area contributed by atoms with Crippen LogP contribution < -0.4 is 10.2 Å². The largest absolute Gasteiger partial charge is 0.391 e. The number of aromatic nitrogens is 1. The molecule has 1 heterocycles. The molecule has 0 aliphatic rings. The van der Waals surface area contributed by atoms with Gasteiger partial charge in [0.15, 0.2) is 0 Å². The van der Waals surface area contributed by atoms with Gasteiger partial charge in [-0.1, -0.05) is 0 Å². The number of rotatable bonds is 4. The predicted molar refractivity (Wildman–Crippen MR) is 71.8 cm³/mol. The van der Waals surface area contributed by atoms with Gasteiger partial charge in [-0.05, 0) is 32.9 Å². The molecule has 2 N–H and O–H groups in total. The molecule has 1 aromatic heterocycles. The van der Waals surface area contributed by atoms with Crippen LogP contribution in [0.5, 0.6) is 0 Å². The van der Waals surface area contributed by atoms with Gasteiger partial charge in [0.2, 0.25) is 0 Å². The van der Waals surface area contributed by atoms with Crippen LogP contribution in [0.2, 0.25) is 0 Å². The van der Waals surface area contributed by atoms with Gasteiger partial charge in [-0.15, -0.1) is 0 Å². The molecule has 0 bridgehead atoms. The van der Waals surface area contributed by atoms with Crippen molar-refractivity contribution >= 4 is 11.7 Å². The molecular formula is C13H21N3O2. The lowest BCUT2D eigenvalue weighted by Gasteiger charge is -2.29. The van der Waals surface area contributed by atoms with Gasteiger partial charge in [0.1, 0.15) is 5.82 Å². The van der Waals surface area contributed by atoms with E-state index in [0.29, 0.717) is 5.56 Å². The number of carbonyl (C=O) groups is 1. The van der Waals surface area contributed by atoms with E-state index in [-0.39, 0.29) is 5.91 Å². The SMILES string of the molecule is CC(O)C(C)(C)NC(=O)c1ccc(N(C)C)nc1. The quantitative estimate of drug-likeness (QED) is 0.839. The van der Waals surface area contributed by atoms with Crippen LogP contribution in [-0.2, 0) is 0 Å². The van der Waals surface area contributed by atoms with E-state index in [2.05, 4.69) is 10.3 Å². The van der Waals surface area contributed by atoms with Crippen molar-refractivity contribution in [1.29, 1.82) is 0 Å². The lowest BCUT2D eigenvalue weighted by molar-refractivity contribution is 0.0709. The molecule has 0 fully saturated rings. The number of hydrogen-bond acceptors (Lipinski definition) is 4. The summed E-state index contributed by atoms with van der Waals surface area (Å²) in [6, 6.07) is 3.50. The number of aliphatic hydroxyl groups excluding tert-OH is 1. The summed E-state index contributed by atoms with van der Waals surface area (Å²) in [5, 5.41) is 12.3. The molecule has 1 aromatic rings. The lowest BCUT2D eigenvalue weighted by Crippen LogP contribution is -2.51. The topological polar surface area (TPSA) is 65.5 Å². The number of nitrogens with one attached hydrogen (secondary N) is 1. The fourth-order valence-corrected chi connectivity index (χ4v) is 1.25. The molecule has 0 saturated heterocycles. The van der Waals surface area contributed by atoms with Crippen molar-refractivity contribution in [3.63, 3.8) is 0 Å². The molecule has 1 unspecified atom stereocenters. The Morgan fingerprint density at radius 2 is 2.06 bits per heavy atom. The molecule has 0 radical (unpaired) electrons. The smallest absolute Gasteiger partial charge is 0.253 e. The zero-order chi connectivity index (χ0) is 13.9. The highest BCUT2D eigenvalue weighted by atomic mass is 16.3. The Kier molecular flexibility index (Phi) is 4.29. The van der Waals surface area contributed by atoms with Crippen LogP contribution in [0.4, 0.5) is 5.82 Å². The monoisotopic (exact) mass is 251 g/mol. The average Bonchev–Trinajstić information content (AvgIpc) is 2.28. The molecule has 1 amide bonds. The highest BCUT2D eigenvalue weighted by Crippen LogP contribution is 2.12. The number of carbonyl (C=O) groups excluding carboxylic acids is 1. The van der Waals surface area contributed by atoms with Crippen molar-refractivity contribution in [1.82, 2.24) is 10.3 Å². The Bertz CT molecular complexity index is 411. The minimum atomic E-state index is -0.669. The molecule has 0 aliphatic heterocycles. The van der Waals surface area contributed by atoms with E-state index in [4.69, 9.17) is 0 Å². The fraction of sp³-hybridized carbons (Fsp3) is 0.538.